The van der Waals surface area contributed by atoms with Gasteiger partial charge in [-0.25, -0.2) is 4.98 Å². The van der Waals surface area contributed by atoms with E-state index in [1.165, 1.54) is 25.7 Å². The van der Waals surface area contributed by atoms with E-state index in [4.69, 9.17) is 10.5 Å². The number of nitrogen functional groups attached to an aromatic ring is 1. The number of hydrogen-bond donors (Lipinski definition) is 1. The first-order valence-electron chi connectivity index (χ1n) is 5.96. The molecule has 90 valence electrons. The number of anilines is 1. The van der Waals surface area contributed by atoms with Gasteiger partial charge in [0.2, 0.25) is 0 Å². The Bertz CT molecular complexity index is 334. The SMILES string of the molecule is COC1(c2nc(N)c(C)s2)CCCCCC1. The highest BCUT2D eigenvalue weighted by Crippen LogP contribution is 2.41. The van der Waals surface area contributed by atoms with E-state index in [0.717, 1.165) is 22.7 Å². The van der Waals surface area contributed by atoms with Gasteiger partial charge >= 0.3 is 0 Å². The van der Waals surface area contributed by atoms with Gasteiger partial charge < -0.3 is 10.5 Å². The Kier molecular flexibility index (Phi) is 3.50. The maximum Gasteiger partial charge on any atom is 0.137 e. The number of nitrogens with two attached hydrogens (primary N) is 1. The second-order valence-electron chi connectivity index (χ2n) is 4.57. The highest BCUT2D eigenvalue weighted by molar-refractivity contribution is 7.12. The summed E-state index contributed by atoms with van der Waals surface area (Å²) in [7, 11) is 1.80. The summed E-state index contributed by atoms with van der Waals surface area (Å²) in [6.45, 7) is 2.02. The minimum absolute atomic E-state index is 0.163. The normalized spacial score (nSPS) is 20.6. The number of nitrogens with zero attached hydrogens (tertiary/aromatic N) is 1. The van der Waals surface area contributed by atoms with Crippen molar-refractivity contribution < 1.29 is 4.74 Å². The lowest BCUT2D eigenvalue weighted by Gasteiger charge is -2.28. The molecule has 0 aromatic carbocycles. The standard InChI is InChI=1S/C12H20N2OS/c1-9-10(13)14-11(16-9)12(15-2)7-5-3-4-6-8-12/h3-8,13H2,1-2H3. The van der Waals surface area contributed by atoms with Crippen LogP contribution in [-0.4, -0.2) is 12.1 Å². The molecule has 0 radical (unpaired) electrons. The van der Waals surface area contributed by atoms with Gasteiger partial charge in [0.05, 0.1) is 0 Å². The molecular formula is C12H20N2OS. The molecule has 0 saturated heterocycles. The Morgan fingerprint density at radius 1 is 1.25 bits per heavy atom. The average Bonchev–Trinajstić information content (AvgIpc) is 2.54. The third kappa shape index (κ3) is 2.09. The molecule has 0 spiro atoms. The lowest BCUT2D eigenvalue weighted by Crippen LogP contribution is -2.27. The third-order valence-corrected chi connectivity index (χ3v) is 4.70. The third-order valence-electron chi connectivity index (χ3n) is 3.52. The van der Waals surface area contributed by atoms with Gasteiger partial charge in [0.15, 0.2) is 0 Å². The molecule has 2 rings (SSSR count). The molecule has 1 fully saturated rings. The second kappa shape index (κ2) is 4.72. The number of ether oxygens (including phenoxy) is 1. The van der Waals surface area contributed by atoms with Crippen LogP contribution >= 0.6 is 11.3 Å². The molecule has 1 heterocycles. The van der Waals surface area contributed by atoms with Gasteiger partial charge in [-0.1, -0.05) is 25.7 Å². The van der Waals surface area contributed by atoms with E-state index in [1.54, 1.807) is 18.4 Å². The molecule has 2 N–H and O–H groups in total. The maximum absolute atomic E-state index is 5.84. The van der Waals surface area contributed by atoms with Gasteiger partial charge in [-0.2, -0.15) is 0 Å². The van der Waals surface area contributed by atoms with Crippen molar-refractivity contribution in [1.29, 1.82) is 0 Å². The molecule has 0 amide bonds. The van der Waals surface area contributed by atoms with Crippen molar-refractivity contribution in [3.05, 3.63) is 9.88 Å². The Hall–Kier alpha value is -0.610. The Morgan fingerprint density at radius 2 is 1.88 bits per heavy atom. The van der Waals surface area contributed by atoms with Crippen LogP contribution in [-0.2, 0) is 10.3 Å². The van der Waals surface area contributed by atoms with E-state index in [-0.39, 0.29) is 5.60 Å². The summed E-state index contributed by atoms with van der Waals surface area (Å²) in [6.07, 6.45) is 7.24. The van der Waals surface area contributed by atoms with E-state index >= 15 is 0 Å². The number of aryl methyl sites for hydroxylation is 1. The van der Waals surface area contributed by atoms with Crippen molar-refractivity contribution in [3.8, 4) is 0 Å². The first-order chi connectivity index (χ1) is 7.68. The first-order valence-corrected chi connectivity index (χ1v) is 6.78. The van der Waals surface area contributed by atoms with Gasteiger partial charge in [0, 0.05) is 12.0 Å². The van der Waals surface area contributed by atoms with Crippen molar-refractivity contribution in [2.45, 2.75) is 51.0 Å². The fraction of sp³-hybridized carbons (Fsp3) is 0.750. The zero-order valence-electron chi connectivity index (χ0n) is 10.1. The lowest BCUT2D eigenvalue weighted by molar-refractivity contribution is -0.0278. The van der Waals surface area contributed by atoms with Gasteiger partial charge in [-0.15, -0.1) is 11.3 Å². The quantitative estimate of drug-likeness (QED) is 0.807. The van der Waals surface area contributed by atoms with E-state index in [1.807, 2.05) is 6.92 Å². The van der Waals surface area contributed by atoms with Crippen LogP contribution in [0.15, 0.2) is 0 Å². The Balaban J connectivity index is 2.31. The van der Waals surface area contributed by atoms with Gasteiger partial charge in [0.1, 0.15) is 16.4 Å². The zero-order chi connectivity index (χ0) is 11.6. The average molecular weight is 240 g/mol. The zero-order valence-corrected chi connectivity index (χ0v) is 10.9. The summed E-state index contributed by atoms with van der Waals surface area (Å²) < 4.78 is 5.81. The minimum Gasteiger partial charge on any atom is -0.383 e. The van der Waals surface area contributed by atoms with Crippen molar-refractivity contribution >= 4 is 17.2 Å². The monoisotopic (exact) mass is 240 g/mol. The number of methoxy groups -OCH3 is 1. The Labute approximate surface area is 101 Å². The number of aromatic nitrogens is 1. The molecule has 1 aromatic rings. The predicted octanol–water partition coefficient (Wildman–Crippen LogP) is 3.23. The van der Waals surface area contributed by atoms with Gasteiger partial charge in [0.25, 0.3) is 0 Å². The summed E-state index contributed by atoms with van der Waals surface area (Å²) in [5.74, 6) is 0.667. The summed E-state index contributed by atoms with van der Waals surface area (Å²) in [5, 5.41) is 1.08. The van der Waals surface area contributed by atoms with E-state index < -0.39 is 0 Å². The number of thiazole rings is 1. The largest absolute Gasteiger partial charge is 0.383 e. The highest BCUT2D eigenvalue weighted by atomic mass is 32.1. The summed E-state index contributed by atoms with van der Waals surface area (Å²) >= 11 is 1.69. The summed E-state index contributed by atoms with van der Waals surface area (Å²) in [4.78, 5) is 5.60. The van der Waals surface area contributed by atoms with E-state index in [9.17, 15) is 0 Å². The molecule has 0 aliphatic heterocycles. The fourth-order valence-corrected chi connectivity index (χ4v) is 3.47. The van der Waals surface area contributed by atoms with Crippen molar-refractivity contribution in [1.82, 2.24) is 4.98 Å². The van der Waals surface area contributed by atoms with Gasteiger partial charge in [-0.3, -0.25) is 0 Å². The van der Waals surface area contributed by atoms with Crippen molar-refractivity contribution in [2.75, 3.05) is 12.8 Å². The molecule has 0 atom stereocenters. The van der Waals surface area contributed by atoms with E-state index in [2.05, 4.69) is 4.98 Å². The molecule has 16 heavy (non-hydrogen) atoms. The van der Waals surface area contributed by atoms with Crippen LogP contribution in [0.4, 0.5) is 5.82 Å². The molecule has 1 aliphatic carbocycles. The van der Waals surface area contributed by atoms with Crippen LogP contribution in [0.1, 0.15) is 48.4 Å². The molecule has 1 saturated carbocycles. The Morgan fingerprint density at radius 3 is 2.31 bits per heavy atom. The second-order valence-corrected chi connectivity index (χ2v) is 5.78. The molecular weight excluding hydrogens is 220 g/mol. The van der Waals surface area contributed by atoms with Crippen molar-refractivity contribution in [2.24, 2.45) is 0 Å². The fourth-order valence-electron chi connectivity index (χ4n) is 2.41. The number of hydrogen-bond acceptors (Lipinski definition) is 4. The van der Waals surface area contributed by atoms with Crippen LogP contribution < -0.4 is 5.73 Å². The molecule has 1 aliphatic rings. The smallest absolute Gasteiger partial charge is 0.137 e. The first kappa shape index (κ1) is 11.9. The van der Waals surface area contributed by atoms with Crippen LogP contribution in [0.25, 0.3) is 0 Å². The van der Waals surface area contributed by atoms with Crippen LogP contribution in [0.5, 0.6) is 0 Å². The molecule has 3 nitrogen and oxygen atoms in total. The lowest BCUT2D eigenvalue weighted by atomic mass is 9.95. The summed E-state index contributed by atoms with van der Waals surface area (Å²) in [6, 6.07) is 0. The molecule has 1 aromatic heterocycles. The number of rotatable bonds is 2. The minimum atomic E-state index is -0.163. The maximum atomic E-state index is 5.84. The molecule has 0 bridgehead atoms. The van der Waals surface area contributed by atoms with Gasteiger partial charge in [-0.05, 0) is 19.8 Å². The van der Waals surface area contributed by atoms with Crippen LogP contribution in [0.3, 0.4) is 0 Å². The molecule has 4 heteroatoms. The van der Waals surface area contributed by atoms with Crippen LogP contribution in [0.2, 0.25) is 0 Å². The summed E-state index contributed by atoms with van der Waals surface area (Å²) in [5.41, 5.74) is 5.68. The van der Waals surface area contributed by atoms with E-state index in [0.29, 0.717) is 5.82 Å². The predicted molar refractivity (Wildman–Crippen MR) is 67.7 cm³/mol. The topological polar surface area (TPSA) is 48.1 Å². The van der Waals surface area contributed by atoms with Crippen molar-refractivity contribution in [3.63, 3.8) is 0 Å². The molecule has 0 unspecified atom stereocenters. The highest BCUT2D eigenvalue weighted by Gasteiger charge is 2.36. The van der Waals surface area contributed by atoms with Crippen LogP contribution in [0, 0.1) is 6.92 Å².